The van der Waals surface area contributed by atoms with E-state index >= 15 is 0 Å². The molecule has 0 unspecified atom stereocenters. The molecular formula is C9H9NO4S. The standard InChI is InChI=1S/C9H9NO4S/c1-15(13,14)10-8(9(11)12)7-5-3-2-4-6-7/h2-6H,1H3,(H,11,12). The highest BCUT2D eigenvalue weighted by Gasteiger charge is 2.14. The second-order valence-electron chi connectivity index (χ2n) is 2.84. The van der Waals surface area contributed by atoms with Gasteiger partial charge in [-0.25, -0.2) is 13.2 Å². The van der Waals surface area contributed by atoms with E-state index in [-0.39, 0.29) is 5.56 Å². The van der Waals surface area contributed by atoms with Crippen LogP contribution in [-0.4, -0.2) is 31.5 Å². The Labute approximate surface area is 87.1 Å². The Morgan fingerprint density at radius 1 is 1.27 bits per heavy atom. The lowest BCUT2D eigenvalue weighted by molar-refractivity contribution is -0.129. The number of carboxylic acids is 1. The predicted octanol–water partition coefficient (Wildman–Crippen LogP) is 0.520. The molecule has 0 amide bonds. The Morgan fingerprint density at radius 3 is 2.20 bits per heavy atom. The van der Waals surface area contributed by atoms with E-state index in [9.17, 15) is 13.2 Å². The van der Waals surface area contributed by atoms with Crippen molar-refractivity contribution >= 4 is 21.7 Å². The third kappa shape index (κ3) is 3.51. The summed E-state index contributed by atoms with van der Waals surface area (Å²) >= 11 is 0. The summed E-state index contributed by atoms with van der Waals surface area (Å²) in [6.45, 7) is 0. The van der Waals surface area contributed by atoms with E-state index in [0.717, 1.165) is 6.26 Å². The van der Waals surface area contributed by atoms with E-state index in [1.807, 2.05) is 0 Å². The first-order valence-electron chi connectivity index (χ1n) is 3.99. The molecule has 0 aliphatic heterocycles. The van der Waals surface area contributed by atoms with Gasteiger partial charge >= 0.3 is 5.97 Å². The van der Waals surface area contributed by atoms with Gasteiger partial charge in [-0.15, -0.1) is 0 Å². The van der Waals surface area contributed by atoms with Crippen molar-refractivity contribution in [1.29, 1.82) is 0 Å². The van der Waals surface area contributed by atoms with Crippen molar-refractivity contribution in [2.45, 2.75) is 0 Å². The molecule has 6 heteroatoms. The fraction of sp³-hybridized carbons (Fsp3) is 0.111. The van der Waals surface area contributed by atoms with Crippen LogP contribution in [0.3, 0.4) is 0 Å². The SMILES string of the molecule is CS(=O)(=O)N=C(C(=O)O)c1ccccc1. The summed E-state index contributed by atoms with van der Waals surface area (Å²) in [4.78, 5) is 10.8. The molecule has 0 heterocycles. The fourth-order valence-electron chi connectivity index (χ4n) is 0.977. The number of hydrogen-bond donors (Lipinski definition) is 1. The lowest BCUT2D eigenvalue weighted by Gasteiger charge is -1.99. The van der Waals surface area contributed by atoms with Gasteiger partial charge < -0.3 is 5.11 Å². The van der Waals surface area contributed by atoms with Gasteiger partial charge in [0, 0.05) is 5.56 Å². The number of hydrogen-bond acceptors (Lipinski definition) is 3. The van der Waals surface area contributed by atoms with Gasteiger partial charge in [-0.2, -0.15) is 4.40 Å². The monoisotopic (exact) mass is 227 g/mol. The molecule has 0 saturated carbocycles. The first kappa shape index (κ1) is 11.4. The summed E-state index contributed by atoms with van der Waals surface area (Å²) < 4.78 is 24.9. The van der Waals surface area contributed by atoms with Gasteiger partial charge in [0.05, 0.1) is 6.26 Å². The minimum Gasteiger partial charge on any atom is -0.476 e. The Balaban J connectivity index is 3.29. The van der Waals surface area contributed by atoms with Crippen LogP contribution in [0.25, 0.3) is 0 Å². The zero-order valence-electron chi connectivity index (χ0n) is 7.91. The summed E-state index contributed by atoms with van der Waals surface area (Å²) in [6, 6.07) is 7.88. The molecule has 0 aromatic heterocycles. The Bertz CT molecular complexity index is 490. The van der Waals surface area contributed by atoms with Gasteiger partial charge in [-0.3, -0.25) is 0 Å². The summed E-state index contributed by atoms with van der Waals surface area (Å²) in [5.74, 6) is -1.37. The number of aliphatic carboxylic acids is 1. The topological polar surface area (TPSA) is 83.8 Å². The van der Waals surface area contributed by atoms with Crippen LogP contribution in [0.4, 0.5) is 0 Å². The Morgan fingerprint density at radius 2 is 1.80 bits per heavy atom. The van der Waals surface area contributed by atoms with Crippen molar-refractivity contribution in [3.8, 4) is 0 Å². The molecule has 1 rings (SSSR count). The number of benzene rings is 1. The van der Waals surface area contributed by atoms with Gasteiger partial charge in [-0.05, 0) is 0 Å². The van der Waals surface area contributed by atoms with Crippen LogP contribution in [0.5, 0.6) is 0 Å². The van der Waals surface area contributed by atoms with Gasteiger partial charge in [0.15, 0.2) is 5.71 Å². The van der Waals surface area contributed by atoms with E-state index in [4.69, 9.17) is 5.11 Å². The highest BCUT2D eigenvalue weighted by Crippen LogP contribution is 2.03. The highest BCUT2D eigenvalue weighted by molar-refractivity contribution is 7.89. The lowest BCUT2D eigenvalue weighted by Crippen LogP contribution is -2.16. The molecule has 0 saturated heterocycles. The van der Waals surface area contributed by atoms with Crippen LogP contribution in [0.2, 0.25) is 0 Å². The van der Waals surface area contributed by atoms with E-state index in [2.05, 4.69) is 4.40 Å². The molecule has 0 radical (unpaired) electrons. The van der Waals surface area contributed by atoms with Gasteiger partial charge in [0.1, 0.15) is 0 Å². The quantitative estimate of drug-likeness (QED) is 0.763. The second kappa shape index (κ2) is 4.22. The maximum atomic E-state index is 10.9. The summed E-state index contributed by atoms with van der Waals surface area (Å²) in [5.41, 5.74) is -0.214. The van der Waals surface area contributed by atoms with Crippen molar-refractivity contribution in [3.63, 3.8) is 0 Å². The van der Waals surface area contributed by atoms with Crippen LogP contribution in [0.1, 0.15) is 5.56 Å². The number of nitrogens with zero attached hydrogens (tertiary/aromatic N) is 1. The average Bonchev–Trinajstić information content (AvgIpc) is 2.14. The zero-order valence-corrected chi connectivity index (χ0v) is 8.73. The van der Waals surface area contributed by atoms with Crippen molar-refractivity contribution in [3.05, 3.63) is 35.9 Å². The molecule has 80 valence electrons. The number of sulfonamides is 1. The molecule has 1 N–H and O–H groups in total. The summed E-state index contributed by atoms with van der Waals surface area (Å²) in [7, 11) is -3.71. The summed E-state index contributed by atoms with van der Waals surface area (Å²) in [6.07, 6.45) is 0.846. The number of rotatable bonds is 3. The van der Waals surface area contributed by atoms with E-state index in [1.165, 1.54) is 12.1 Å². The average molecular weight is 227 g/mol. The lowest BCUT2D eigenvalue weighted by atomic mass is 10.1. The molecule has 1 aromatic rings. The van der Waals surface area contributed by atoms with Crippen LogP contribution in [0, 0.1) is 0 Å². The first-order valence-corrected chi connectivity index (χ1v) is 5.83. The largest absolute Gasteiger partial charge is 0.476 e. The van der Waals surface area contributed by atoms with Crippen LogP contribution < -0.4 is 0 Å². The van der Waals surface area contributed by atoms with Gasteiger partial charge in [0.2, 0.25) is 0 Å². The van der Waals surface area contributed by atoms with Crippen LogP contribution in [0.15, 0.2) is 34.7 Å². The zero-order chi connectivity index (χ0) is 11.5. The van der Waals surface area contributed by atoms with E-state index in [0.29, 0.717) is 0 Å². The molecule has 15 heavy (non-hydrogen) atoms. The predicted molar refractivity (Wildman–Crippen MR) is 55.5 cm³/mol. The molecule has 0 aliphatic carbocycles. The Kier molecular flexibility index (Phi) is 3.21. The van der Waals surface area contributed by atoms with Gasteiger partial charge in [0.25, 0.3) is 10.0 Å². The van der Waals surface area contributed by atoms with Crippen molar-refractivity contribution in [2.24, 2.45) is 4.40 Å². The maximum absolute atomic E-state index is 10.9. The first-order chi connectivity index (χ1) is 6.90. The molecule has 0 bridgehead atoms. The molecule has 0 fully saturated rings. The fourth-order valence-corrected chi connectivity index (χ4v) is 1.49. The minimum atomic E-state index is -3.71. The van der Waals surface area contributed by atoms with E-state index in [1.54, 1.807) is 18.2 Å². The molecule has 5 nitrogen and oxygen atoms in total. The maximum Gasteiger partial charge on any atom is 0.356 e. The van der Waals surface area contributed by atoms with Crippen LogP contribution >= 0.6 is 0 Å². The third-order valence-electron chi connectivity index (χ3n) is 1.51. The van der Waals surface area contributed by atoms with Crippen molar-refractivity contribution in [1.82, 2.24) is 0 Å². The third-order valence-corrected chi connectivity index (χ3v) is 2.02. The highest BCUT2D eigenvalue weighted by atomic mass is 32.2. The molecule has 1 aromatic carbocycles. The summed E-state index contributed by atoms with van der Waals surface area (Å²) in [5, 5.41) is 8.79. The van der Waals surface area contributed by atoms with Crippen molar-refractivity contribution in [2.75, 3.05) is 6.26 Å². The Hall–Kier alpha value is -1.69. The smallest absolute Gasteiger partial charge is 0.356 e. The van der Waals surface area contributed by atoms with Crippen molar-refractivity contribution < 1.29 is 18.3 Å². The van der Waals surface area contributed by atoms with E-state index < -0.39 is 21.7 Å². The normalized spacial score (nSPS) is 12.5. The van der Waals surface area contributed by atoms with Crippen LogP contribution in [-0.2, 0) is 14.8 Å². The molecule has 0 atom stereocenters. The second-order valence-corrected chi connectivity index (χ2v) is 4.49. The number of carboxylic acid groups (broad SMARTS) is 1. The minimum absolute atomic E-state index is 0.260. The molecule has 0 aliphatic rings. The molecular weight excluding hydrogens is 218 g/mol. The molecule has 0 spiro atoms. The number of carbonyl (C=O) groups is 1. The van der Waals surface area contributed by atoms with Gasteiger partial charge in [-0.1, -0.05) is 30.3 Å².